The molecular formula is C10H21N3O. The molecule has 0 aromatic carbocycles. The molecule has 0 aromatic heterocycles. The lowest BCUT2D eigenvalue weighted by Gasteiger charge is -2.13. The van der Waals surface area contributed by atoms with Crippen molar-refractivity contribution in [2.45, 2.75) is 39.2 Å². The summed E-state index contributed by atoms with van der Waals surface area (Å²) in [6.07, 6.45) is 3.67. The molecule has 0 amide bonds. The Morgan fingerprint density at radius 3 is 3.00 bits per heavy atom. The highest BCUT2D eigenvalue weighted by atomic mass is 16.5. The Labute approximate surface area is 86.3 Å². The molecule has 0 aromatic rings. The predicted molar refractivity (Wildman–Crippen MR) is 56.2 cm³/mol. The van der Waals surface area contributed by atoms with E-state index < -0.39 is 0 Å². The van der Waals surface area contributed by atoms with Gasteiger partial charge in [0.15, 0.2) is 0 Å². The third-order valence-electron chi connectivity index (χ3n) is 2.35. The molecule has 14 heavy (non-hydrogen) atoms. The molecule has 82 valence electrons. The molecule has 4 nitrogen and oxygen atoms in total. The molecule has 4 heteroatoms. The van der Waals surface area contributed by atoms with Gasteiger partial charge in [-0.3, -0.25) is 5.01 Å². The van der Waals surface area contributed by atoms with Crippen molar-refractivity contribution in [3.8, 4) is 0 Å². The Kier molecular flexibility index (Phi) is 5.52. The lowest BCUT2D eigenvalue weighted by Crippen LogP contribution is -2.24. The van der Waals surface area contributed by atoms with Gasteiger partial charge in [0.2, 0.25) is 0 Å². The Bertz CT molecular complexity index is 173. The van der Waals surface area contributed by atoms with Crippen molar-refractivity contribution in [1.29, 1.82) is 0 Å². The summed E-state index contributed by atoms with van der Waals surface area (Å²) < 4.78 is 5.27. The van der Waals surface area contributed by atoms with E-state index in [4.69, 9.17) is 4.74 Å². The topological polar surface area (TPSA) is 37.2 Å². The number of ether oxygens (including phenoxy) is 1. The van der Waals surface area contributed by atoms with Crippen LogP contribution in [0.15, 0.2) is 10.3 Å². The number of hydrogen-bond donors (Lipinski definition) is 0. The average Bonchev–Trinajstić information content (AvgIpc) is 2.63. The molecule has 0 bridgehead atoms. The van der Waals surface area contributed by atoms with Crippen LogP contribution in [0.3, 0.4) is 0 Å². The average molecular weight is 199 g/mol. The molecule has 1 aliphatic heterocycles. The maximum Gasteiger partial charge on any atom is 0.0921 e. The summed E-state index contributed by atoms with van der Waals surface area (Å²) >= 11 is 0. The summed E-state index contributed by atoms with van der Waals surface area (Å²) in [6.45, 7) is 7.61. The molecule has 0 aliphatic carbocycles. The van der Waals surface area contributed by atoms with Gasteiger partial charge in [0.25, 0.3) is 0 Å². The second-order valence-electron chi connectivity index (χ2n) is 3.61. The van der Waals surface area contributed by atoms with Crippen LogP contribution >= 0.6 is 0 Å². The minimum absolute atomic E-state index is 0.427. The van der Waals surface area contributed by atoms with Gasteiger partial charge in [-0.05, 0) is 13.3 Å². The Morgan fingerprint density at radius 2 is 2.29 bits per heavy atom. The van der Waals surface area contributed by atoms with Gasteiger partial charge in [-0.15, -0.1) is 0 Å². The Morgan fingerprint density at radius 1 is 1.43 bits per heavy atom. The van der Waals surface area contributed by atoms with Gasteiger partial charge in [-0.25, -0.2) is 0 Å². The van der Waals surface area contributed by atoms with Crippen molar-refractivity contribution in [2.75, 3.05) is 26.3 Å². The molecule has 0 saturated heterocycles. The highest BCUT2D eigenvalue weighted by Gasteiger charge is 2.17. The van der Waals surface area contributed by atoms with E-state index in [9.17, 15) is 0 Å². The molecule has 0 fully saturated rings. The largest absolute Gasteiger partial charge is 0.380 e. The summed E-state index contributed by atoms with van der Waals surface area (Å²) in [6, 6.07) is 0.427. The highest BCUT2D eigenvalue weighted by Crippen LogP contribution is 2.13. The van der Waals surface area contributed by atoms with Crippen molar-refractivity contribution in [3.63, 3.8) is 0 Å². The zero-order valence-corrected chi connectivity index (χ0v) is 9.28. The predicted octanol–water partition coefficient (Wildman–Crippen LogP) is 2.26. The first-order valence-corrected chi connectivity index (χ1v) is 5.60. The monoisotopic (exact) mass is 199 g/mol. The molecule has 1 heterocycles. The quantitative estimate of drug-likeness (QED) is 0.590. The molecule has 0 saturated carbocycles. The molecule has 1 unspecified atom stereocenters. The van der Waals surface area contributed by atoms with Crippen LogP contribution in [-0.2, 0) is 4.74 Å². The minimum Gasteiger partial charge on any atom is -0.380 e. The van der Waals surface area contributed by atoms with Crippen LogP contribution in [0, 0.1) is 0 Å². The number of nitrogens with zero attached hydrogens (tertiary/aromatic N) is 3. The van der Waals surface area contributed by atoms with Gasteiger partial charge in [0.1, 0.15) is 0 Å². The molecular weight excluding hydrogens is 178 g/mol. The SMILES string of the molecule is CCCCC1CN(CCOCC)N=N1. The van der Waals surface area contributed by atoms with Crippen molar-refractivity contribution < 1.29 is 4.74 Å². The second kappa shape index (κ2) is 6.76. The van der Waals surface area contributed by atoms with Gasteiger partial charge < -0.3 is 4.74 Å². The number of unbranched alkanes of at least 4 members (excludes halogenated alkanes) is 1. The molecule has 1 aliphatic rings. The summed E-state index contributed by atoms with van der Waals surface area (Å²) in [4.78, 5) is 0. The third kappa shape index (κ3) is 4.05. The van der Waals surface area contributed by atoms with E-state index >= 15 is 0 Å². The molecule has 1 rings (SSSR count). The number of hydrogen-bond acceptors (Lipinski definition) is 4. The van der Waals surface area contributed by atoms with E-state index in [2.05, 4.69) is 17.3 Å². The summed E-state index contributed by atoms with van der Waals surface area (Å²) in [5.74, 6) is 0. The summed E-state index contributed by atoms with van der Waals surface area (Å²) in [7, 11) is 0. The van der Waals surface area contributed by atoms with E-state index in [-0.39, 0.29) is 0 Å². The molecule has 1 atom stereocenters. The highest BCUT2D eigenvalue weighted by molar-refractivity contribution is 4.73. The lowest BCUT2D eigenvalue weighted by atomic mass is 10.1. The smallest absolute Gasteiger partial charge is 0.0921 e. The second-order valence-corrected chi connectivity index (χ2v) is 3.61. The van der Waals surface area contributed by atoms with E-state index in [1.807, 2.05) is 11.9 Å². The minimum atomic E-state index is 0.427. The van der Waals surface area contributed by atoms with E-state index in [1.54, 1.807) is 0 Å². The van der Waals surface area contributed by atoms with Crippen LogP contribution in [0.25, 0.3) is 0 Å². The zero-order valence-electron chi connectivity index (χ0n) is 9.28. The van der Waals surface area contributed by atoms with Gasteiger partial charge in [-0.1, -0.05) is 25.0 Å². The Balaban J connectivity index is 2.06. The first-order chi connectivity index (χ1) is 6.86. The summed E-state index contributed by atoms with van der Waals surface area (Å²) in [5.41, 5.74) is 0. The summed E-state index contributed by atoms with van der Waals surface area (Å²) in [5, 5.41) is 10.4. The van der Waals surface area contributed by atoms with Crippen LogP contribution in [0.2, 0.25) is 0 Å². The fraction of sp³-hybridized carbons (Fsp3) is 1.00. The Hall–Kier alpha value is -0.640. The van der Waals surface area contributed by atoms with Crippen molar-refractivity contribution >= 4 is 0 Å². The van der Waals surface area contributed by atoms with Gasteiger partial charge in [0, 0.05) is 6.61 Å². The fourth-order valence-corrected chi connectivity index (χ4v) is 1.50. The third-order valence-corrected chi connectivity index (χ3v) is 2.35. The van der Waals surface area contributed by atoms with Crippen molar-refractivity contribution in [2.24, 2.45) is 10.3 Å². The van der Waals surface area contributed by atoms with Crippen LogP contribution in [-0.4, -0.2) is 37.4 Å². The van der Waals surface area contributed by atoms with Crippen LogP contribution in [0.4, 0.5) is 0 Å². The fourth-order valence-electron chi connectivity index (χ4n) is 1.50. The molecule has 0 N–H and O–H groups in total. The van der Waals surface area contributed by atoms with Gasteiger partial charge >= 0.3 is 0 Å². The van der Waals surface area contributed by atoms with E-state index in [0.717, 1.165) is 26.3 Å². The van der Waals surface area contributed by atoms with Crippen LogP contribution in [0.1, 0.15) is 33.1 Å². The van der Waals surface area contributed by atoms with Crippen LogP contribution in [0.5, 0.6) is 0 Å². The van der Waals surface area contributed by atoms with Crippen molar-refractivity contribution in [3.05, 3.63) is 0 Å². The van der Waals surface area contributed by atoms with E-state index in [0.29, 0.717) is 6.04 Å². The maximum atomic E-state index is 5.27. The van der Waals surface area contributed by atoms with Crippen LogP contribution < -0.4 is 0 Å². The van der Waals surface area contributed by atoms with E-state index in [1.165, 1.54) is 19.3 Å². The lowest BCUT2D eigenvalue weighted by molar-refractivity contribution is 0.117. The van der Waals surface area contributed by atoms with Gasteiger partial charge in [0.05, 0.1) is 25.7 Å². The van der Waals surface area contributed by atoms with Gasteiger partial charge in [-0.2, -0.15) is 5.11 Å². The zero-order chi connectivity index (χ0) is 10.2. The standard InChI is InChI=1S/C10H21N3O/c1-3-5-6-10-9-13(12-11-10)7-8-14-4-2/h10H,3-9H2,1-2H3. The van der Waals surface area contributed by atoms with Crippen molar-refractivity contribution in [1.82, 2.24) is 5.01 Å². The maximum absolute atomic E-state index is 5.27. The number of rotatable bonds is 7. The normalized spacial score (nSPS) is 20.7. The first-order valence-electron chi connectivity index (χ1n) is 5.60. The first kappa shape index (κ1) is 11.4. The molecule has 0 spiro atoms. The molecule has 0 radical (unpaired) electrons.